The SMILES string of the molecule is COc1ccc(CN(CCC(=O)Nc2ccc(OC)cc2)S(C)(=O)=O)cc1. The predicted octanol–water partition coefficient (Wildman–Crippen LogP) is 2.49. The van der Waals surface area contributed by atoms with Gasteiger partial charge >= 0.3 is 0 Å². The van der Waals surface area contributed by atoms with E-state index in [0.717, 1.165) is 11.8 Å². The Balaban J connectivity index is 1.95. The molecule has 146 valence electrons. The molecular weight excluding hydrogens is 368 g/mol. The number of nitrogens with zero attached hydrogens (tertiary/aromatic N) is 1. The molecule has 0 saturated carbocycles. The largest absolute Gasteiger partial charge is 0.497 e. The van der Waals surface area contributed by atoms with Crippen molar-refractivity contribution in [1.29, 1.82) is 0 Å². The summed E-state index contributed by atoms with van der Waals surface area (Å²) in [5, 5.41) is 2.75. The molecule has 0 aliphatic carbocycles. The first-order chi connectivity index (χ1) is 12.8. The zero-order valence-corrected chi connectivity index (χ0v) is 16.5. The van der Waals surface area contributed by atoms with E-state index in [2.05, 4.69) is 5.32 Å². The number of carbonyl (C=O) groups is 1. The fraction of sp³-hybridized carbons (Fsp3) is 0.316. The summed E-state index contributed by atoms with van der Waals surface area (Å²) in [5.74, 6) is 1.13. The van der Waals surface area contributed by atoms with Gasteiger partial charge in [0.15, 0.2) is 0 Å². The zero-order valence-electron chi connectivity index (χ0n) is 15.6. The van der Waals surface area contributed by atoms with Crippen LogP contribution in [0.2, 0.25) is 0 Å². The Labute approximate surface area is 160 Å². The third-order valence-corrected chi connectivity index (χ3v) is 5.20. The van der Waals surface area contributed by atoms with Crippen LogP contribution in [0.1, 0.15) is 12.0 Å². The number of hydrogen-bond acceptors (Lipinski definition) is 5. The molecule has 0 aliphatic rings. The highest BCUT2D eigenvalue weighted by atomic mass is 32.2. The van der Waals surface area contributed by atoms with Gasteiger partial charge < -0.3 is 14.8 Å². The Kier molecular flexibility index (Phi) is 7.20. The highest BCUT2D eigenvalue weighted by Crippen LogP contribution is 2.16. The molecule has 7 nitrogen and oxygen atoms in total. The van der Waals surface area contributed by atoms with E-state index in [1.165, 1.54) is 4.31 Å². The molecule has 0 saturated heterocycles. The fourth-order valence-electron chi connectivity index (χ4n) is 2.42. The molecule has 1 amide bonds. The molecule has 0 aliphatic heterocycles. The Hall–Kier alpha value is -2.58. The number of sulfonamides is 1. The van der Waals surface area contributed by atoms with E-state index >= 15 is 0 Å². The van der Waals surface area contributed by atoms with Gasteiger partial charge in [0.25, 0.3) is 0 Å². The summed E-state index contributed by atoms with van der Waals surface area (Å²) in [5.41, 5.74) is 1.44. The molecule has 0 spiro atoms. The lowest BCUT2D eigenvalue weighted by Gasteiger charge is -2.20. The van der Waals surface area contributed by atoms with Crippen molar-refractivity contribution < 1.29 is 22.7 Å². The van der Waals surface area contributed by atoms with Crippen LogP contribution in [0.4, 0.5) is 5.69 Å². The normalized spacial score (nSPS) is 11.3. The number of nitrogens with one attached hydrogen (secondary N) is 1. The topological polar surface area (TPSA) is 84.9 Å². The zero-order chi connectivity index (χ0) is 19.9. The Morgan fingerprint density at radius 1 is 0.963 bits per heavy atom. The van der Waals surface area contributed by atoms with Crippen molar-refractivity contribution in [1.82, 2.24) is 4.31 Å². The minimum Gasteiger partial charge on any atom is -0.497 e. The summed E-state index contributed by atoms with van der Waals surface area (Å²) in [7, 11) is -0.316. The molecule has 0 aromatic heterocycles. The van der Waals surface area contributed by atoms with E-state index in [1.807, 2.05) is 0 Å². The molecule has 0 heterocycles. The van der Waals surface area contributed by atoms with Gasteiger partial charge in [-0.05, 0) is 42.0 Å². The van der Waals surface area contributed by atoms with Gasteiger partial charge in [0.2, 0.25) is 15.9 Å². The van der Waals surface area contributed by atoms with Crippen LogP contribution in [-0.4, -0.2) is 45.7 Å². The highest BCUT2D eigenvalue weighted by molar-refractivity contribution is 7.88. The molecule has 2 aromatic rings. The number of hydrogen-bond donors (Lipinski definition) is 1. The summed E-state index contributed by atoms with van der Waals surface area (Å²) in [6, 6.07) is 14.1. The summed E-state index contributed by atoms with van der Waals surface area (Å²) >= 11 is 0. The van der Waals surface area contributed by atoms with E-state index < -0.39 is 10.0 Å². The standard InChI is InChI=1S/C19H24N2O5S/c1-25-17-8-4-15(5-9-17)14-21(27(3,23)24)13-12-19(22)20-16-6-10-18(26-2)11-7-16/h4-11H,12-14H2,1-3H3,(H,20,22). The lowest BCUT2D eigenvalue weighted by atomic mass is 10.2. The maximum Gasteiger partial charge on any atom is 0.225 e. The monoisotopic (exact) mass is 392 g/mol. The van der Waals surface area contributed by atoms with Gasteiger partial charge in [-0.2, -0.15) is 4.31 Å². The van der Waals surface area contributed by atoms with Crippen LogP contribution < -0.4 is 14.8 Å². The Morgan fingerprint density at radius 3 is 1.96 bits per heavy atom. The van der Waals surface area contributed by atoms with Crippen molar-refractivity contribution in [2.24, 2.45) is 0 Å². The van der Waals surface area contributed by atoms with Crippen molar-refractivity contribution >= 4 is 21.6 Å². The molecule has 0 bridgehead atoms. The van der Waals surface area contributed by atoms with Gasteiger partial charge in [-0.15, -0.1) is 0 Å². The first kappa shape index (κ1) is 20.7. The molecule has 1 N–H and O–H groups in total. The van der Waals surface area contributed by atoms with Crippen LogP contribution in [0.3, 0.4) is 0 Å². The Bertz CT molecular complexity index is 849. The number of methoxy groups -OCH3 is 2. The van der Waals surface area contributed by atoms with Crippen LogP contribution >= 0.6 is 0 Å². The van der Waals surface area contributed by atoms with Gasteiger partial charge in [0, 0.05) is 25.2 Å². The molecule has 8 heteroatoms. The van der Waals surface area contributed by atoms with E-state index in [9.17, 15) is 13.2 Å². The first-order valence-electron chi connectivity index (χ1n) is 8.34. The molecule has 0 unspecified atom stereocenters. The maximum absolute atomic E-state index is 12.2. The van der Waals surface area contributed by atoms with Crippen LogP contribution in [0.5, 0.6) is 11.5 Å². The number of rotatable bonds is 9. The van der Waals surface area contributed by atoms with Crippen LogP contribution in [0.25, 0.3) is 0 Å². The summed E-state index contributed by atoms with van der Waals surface area (Å²) in [6.07, 6.45) is 1.19. The quantitative estimate of drug-likeness (QED) is 0.709. The number of benzene rings is 2. The summed E-state index contributed by atoms with van der Waals surface area (Å²) in [6.45, 7) is 0.283. The molecule has 0 atom stereocenters. The molecule has 2 rings (SSSR count). The van der Waals surface area contributed by atoms with Crippen molar-refractivity contribution in [3.8, 4) is 11.5 Å². The minimum atomic E-state index is -3.45. The predicted molar refractivity (Wildman–Crippen MR) is 104 cm³/mol. The lowest BCUT2D eigenvalue weighted by Crippen LogP contribution is -2.32. The van der Waals surface area contributed by atoms with Gasteiger partial charge in [-0.1, -0.05) is 12.1 Å². The third-order valence-electron chi connectivity index (χ3n) is 3.95. The lowest BCUT2D eigenvalue weighted by molar-refractivity contribution is -0.116. The van der Waals surface area contributed by atoms with E-state index in [0.29, 0.717) is 17.2 Å². The average Bonchev–Trinajstić information content (AvgIpc) is 2.65. The van der Waals surface area contributed by atoms with E-state index in [-0.39, 0.29) is 25.4 Å². The van der Waals surface area contributed by atoms with Gasteiger partial charge in [0.1, 0.15) is 11.5 Å². The van der Waals surface area contributed by atoms with Gasteiger partial charge in [0.05, 0.1) is 20.5 Å². The minimum absolute atomic E-state index is 0.0508. The van der Waals surface area contributed by atoms with E-state index in [1.54, 1.807) is 62.8 Å². The van der Waals surface area contributed by atoms with Crippen molar-refractivity contribution in [2.75, 3.05) is 32.3 Å². The number of amides is 1. The maximum atomic E-state index is 12.2. The van der Waals surface area contributed by atoms with Crippen LogP contribution in [0, 0.1) is 0 Å². The van der Waals surface area contributed by atoms with Crippen molar-refractivity contribution in [3.05, 3.63) is 54.1 Å². The summed E-state index contributed by atoms with van der Waals surface area (Å²) in [4.78, 5) is 12.2. The van der Waals surface area contributed by atoms with E-state index in [4.69, 9.17) is 9.47 Å². The second kappa shape index (κ2) is 9.38. The molecule has 0 radical (unpaired) electrons. The third kappa shape index (κ3) is 6.58. The molecule has 0 fully saturated rings. The van der Waals surface area contributed by atoms with Crippen LogP contribution in [0.15, 0.2) is 48.5 Å². The van der Waals surface area contributed by atoms with Gasteiger partial charge in [-0.25, -0.2) is 8.42 Å². The number of ether oxygens (including phenoxy) is 2. The molecule has 27 heavy (non-hydrogen) atoms. The Morgan fingerprint density at radius 2 is 1.48 bits per heavy atom. The van der Waals surface area contributed by atoms with Gasteiger partial charge in [-0.3, -0.25) is 4.79 Å². The average molecular weight is 392 g/mol. The second-order valence-corrected chi connectivity index (χ2v) is 7.95. The second-order valence-electron chi connectivity index (χ2n) is 5.97. The highest BCUT2D eigenvalue weighted by Gasteiger charge is 2.18. The molecule has 2 aromatic carbocycles. The van der Waals surface area contributed by atoms with Crippen LogP contribution in [-0.2, 0) is 21.4 Å². The smallest absolute Gasteiger partial charge is 0.225 e. The summed E-state index contributed by atoms with van der Waals surface area (Å²) < 4.78 is 35.6. The number of anilines is 1. The molecular formula is C19H24N2O5S. The number of carbonyl (C=O) groups excluding carboxylic acids is 1. The fourth-order valence-corrected chi connectivity index (χ4v) is 3.23. The first-order valence-corrected chi connectivity index (χ1v) is 10.2. The van der Waals surface area contributed by atoms with Crippen molar-refractivity contribution in [2.45, 2.75) is 13.0 Å². The van der Waals surface area contributed by atoms with Crippen molar-refractivity contribution in [3.63, 3.8) is 0 Å².